The van der Waals surface area contributed by atoms with Crippen molar-refractivity contribution < 1.29 is 13.5 Å². The fraction of sp³-hybridized carbons (Fsp3) is 1.00. The first-order valence-electron chi connectivity index (χ1n) is 4.87. The van der Waals surface area contributed by atoms with E-state index in [0.29, 0.717) is 13.0 Å². The predicted octanol–water partition coefficient (Wildman–Crippen LogP) is -0.314. The van der Waals surface area contributed by atoms with Crippen LogP contribution in [0.3, 0.4) is 0 Å². The Morgan fingerprint density at radius 2 is 2.14 bits per heavy atom. The summed E-state index contributed by atoms with van der Waals surface area (Å²) in [6.07, 6.45) is 0.890. The van der Waals surface area contributed by atoms with Gasteiger partial charge in [-0.3, -0.25) is 0 Å². The Morgan fingerprint density at radius 1 is 1.50 bits per heavy atom. The Bertz CT molecular complexity index is 276. The van der Waals surface area contributed by atoms with E-state index in [9.17, 15) is 13.5 Å². The number of β-amino-alcohol motifs (C(OH)–C–C–N with tert-alkyl or cyclic N) is 1. The summed E-state index contributed by atoms with van der Waals surface area (Å²) < 4.78 is 27.1. The molecule has 84 valence electrons. The van der Waals surface area contributed by atoms with Crippen molar-refractivity contribution in [2.45, 2.75) is 38.8 Å². The fourth-order valence-electron chi connectivity index (χ4n) is 1.51. The highest BCUT2D eigenvalue weighted by molar-refractivity contribution is 7.87. The maximum atomic E-state index is 11.6. The fourth-order valence-corrected chi connectivity index (χ4v) is 2.99. The van der Waals surface area contributed by atoms with Gasteiger partial charge in [-0.25, -0.2) is 0 Å². The molecule has 0 amide bonds. The second-order valence-corrected chi connectivity index (χ2v) is 5.63. The van der Waals surface area contributed by atoms with Crippen molar-refractivity contribution in [2.75, 3.05) is 13.1 Å². The van der Waals surface area contributed by atoms with Gasteiger partial charge in [0.2, 0.25) is 0 Å². The summed E-state index contributed by atoms with van der Waals surface area (Å²) in [6, 6.07) is -0.112. The van der Waals surface area contributed by atoms with E-state index in [1.165, 1.54) is 4.31 Å². The second-order valence-electron chi connectivity index (χ2n) is 3.93. The molecule has 2 N–H and O–H groups in total. The van der Waals surface area contributed by atoms with Crippen LogP contribution in [0.15, 0.2) is 0 Å². The molecule has 1 aliphatic heterocycles. The smallest absolute Gasteiger partial charge is 0.279 e. The van der Waals surface area contributed by atoms with E-state index in [4.69, 9.17) is 0 Å². The zero-order chi connectivity index (χ0) is 10.8. The molecule has 0 aliphatic carbocycles. The molecule has 0 radical (unpaired) electrons. The van der Waals surface area contributed by atoms with Crippen molar-refractivity contribution in [1.82, 2.24) is 9.03 Å². The summed E-state index contributed by atoms with van der Waals surface area (Å²) in [5, 5.41) is 9.34. The van der Waals surface area contributed by atoms with E-state index in [0.717, 1.165) is 6.42 Å². The molecule has 0 aromatic heterocycles. The van der Waals surface area contributed by atoms with Gasteiger partial charge >= 0.3 is 0 Å². The lowest BCUT2D eigenvalue weighted by molar-refractivity contribution is 0.107. The molecule has 5 nitrogen and oxygen atoms in total. The molecule has 0 aromatic rings. The van der Waals surface area contributed by atoms with E-state index >= 15 is 0 Å². The third kappa shape index (κ3) is 3.20. The highest BCUT2D eigenvalue weighted by Gasteiger charge is 2.27. The number of nitrogens with one attached hydrogen (secondary N) is 1. The van der Waals surface area contributed by atoms with E-state index in [2.05, 4.69) is 4.72 Å². The molecule has 1 rings (SSSR count). The van der Waals surface area contributed by atoms with Gasteiger partial charge in [-0.1, -0.05) is 0 Å². The molecule has 1 aliphatic rings. The molecule has 6 heteroatoms. The average Bonchev–Trinajstić information content (AvgIpc) is 2.01. The number of piperidine rings is 1. The summed E-state index contributed by atoms with van der Waals surface area (Å²) in [4.78, 5) is 0. The maximum Gasteiger partial charge on any atom is 0.279 e. The largest absolute Gasteiger partial charge is 0.392 e. The van der Waals surface area contributed by atoms with Gasteiger partial charge in [-0.05, 0) is 26.7 Å². The predicted molar refractivity (Wildman–Crippen MR) is 54.0 cm³/mol. The first-order chi connectivity index (χ1) is 6.42. The topological polar surface area (TPSA) is 69.6 Å². The van der Waals surface area contributed by atoms with Crippen LogP contribution in [0.25, 0.3) is 0 Å². The van der Waals surface area contributed by atoms with Gasteiger partial charge in [0.05, 0.1) is 6.10 Å². The van der Waals surface area contributed by atoms with Crippen molar-refractivity contribution in [2.24, 2.45) is 0 Å². The lowest BCUT2D eigenvalue weighted by atomic mass is 10.1. The van der Waals surface area contributed by atoms with Crippen LogP contribution < -0.4 is 4.72 Å². The molecule has 1 heterocycles. The third-order valence-electron chi connectivity index (χ3n) is 2.08. The Kier molecular flexibility index (Phi) is 3.88. The van der Waals surface area contributed by atoms with Gasteiger partial charge in [0, 0.05) is 19.1 Å². The number of nitrogens with zero attached hydrogens (tertiary/aromatic N) is 1. The summed E-state index contributed by atoms with van der Waals surface area (Å²) in [5.74, 6) is 0. The lowest BCUT2D eigenvalue weighted by Gasteiger charge is -2.29. The minimum Gasteiger partial charge on any atom is -0.392 e. The van der Waals surface area contributed by atoms with Gasteiger partial charge in [0.25, 0.3) is 10.2 Å². The van der Waals surface area contributed by atoms with Crippen LogP contribution in [0.2, 0.25) is 0 Å². The molecular weight excluding hydrogens is 204 g/mol. The standard InChI is InChI=1S/C8H18N2O3S/c1-7(2)9-14(12,13)10-5-3-4-8(11)6-10/h7-9,11H,3-6H2,1-2H3/t8-/m0/s1. The van der Waals surface area contributed by atoms with Gasteiger partial charge in [0.15, 0.2) is 0 Å². The molecule has 0 unspecified atom stereocenters. The van der Waals surface area contributed by atoms with Crippen molar-refractivity contribution in [3.05, 3.63) is 0 Å². The minimum absolute atomic E-state index is 0.112. The van der Waals surface area contributed by atoms with Gasteiger partial charge in [-0.15, -0.1) is 0 Å². The average molecular weight is 222 g/mol. The van der Waals surface area contributed by atoms with Crippen molar-refractivity contribution in [3.8, 4) is 0 Å². The Labute approximate surface area is 85.3 Å². The molecule has 1 saturated heterocycles. The lowest BCUT2D eigenvalue weighted by Crippen LogP contribution is -2.49. The molecular formula is C8H18N2O3S. The van der Waals surface area contributed by atoms with E-state index in [-0.39, 0.29) is 12.6 Å². The Hall–Kier alpha value is -0.170. The monoisotopic (exact) mass is 222 g/mol. The summed E-state index contributed by atoms with van der Waals surface area (Å²) in [7, 11) is -3.39. The highest BCUT2D eigenvalue weighted by Crippen LogP contribution is 2.12. The first kappa shape index (κ1) is 11.9. The van der Waals surface area contributed by atoms with Crippen LogP contribution in [-0.2, 0) is 10.2 Å². The normalized spacial score (nSPS) is 25.6. The minimum atomic E-state index is -3.39. The van der Waals surface area contributed by atoms with Crippen LogP contribution in [0.5, 0.6) is 0 Å². The summed E-state index contributed by atoms with van der Waals surface area (Å²) in [6.45, 7) is 4.26. The number of rotatable bonds is 3. The number of aliphatic hydroxyl groups is 1. The van der Waals surface area contributed by atoms with E-state index in [1.54, 1.807) is 13.8 Å². The molecule has 1 fully saturated rings. The molecule has 0 bridgehead atoms. The SMILES string of the molecule is CC(C)NS(=O)(=O)N1CCC[C@H](O)C1. The van der Waals surface area contributed by atoms with Crippen molar-refractivity contribution in [1.29, 1.82) is 0 Å². The Morgan fingerprint density at radius 3 is 2.64 bits per heavy atom. The first-order valence-corrected chi connectivity index (χ1v) is 6.31. The molecule has 0 saturated carbocycles. The van der Waals surface area contributed by atoms with Crippen molar-refractivity contribution >= 4 is 10.2 Å². The Balaban J connectivity index is 2.62. The number of aliphatic hydroxyl groups excluding tert-OH is 1. The molecule has 1 atom stereocenters. The van der Waals surface area contributed by atoms with E-state index in [1.807, 2.05) is 0 Å². The van der Waals surface area contributed by atoms with Crippen LogP contribution in [0.4, 0.5) is 0 Å². The van der Waals surface area contributed by atoms with Gasteiger partial charge < -0.3 is 5.11 Å². The van der Waals surface area contributed by atoms with Crippen LogP contribution in [-0.4, -0.2) is 43.1 Å². The van der Waals surface area contributed by atoms with Gasteiger partial charge in [0.1, 0.15) is 0 Å². The van der Waals surface area contributed by atoms with Crippen molar-refractivity contribution in [3.63, 3.8) is 0 Å². The zero-order valence-corrected chi connectivity index (χ0v) is 9.42. The van der Waals surface area contributed by atoms with Crippen LogP contribution in [0, 0.1) is 0 Å². The molecule has 0 aromatic carbocycles. The van der Waals surface area contributed by atoms with Crippen LogP contribution in [0.1, 0.15) is 26.7 Å². The number of hydrogen-bond donors (Lipinski definition) is 2. The third-order valence-corrected chi connectivity index (χ3v) is 3.86. The van der Waals surface area contributed by atoms with Gasteiger partial charge in [-0.2, -0.15) is 17.4 Å². The molecule has 0 spiro atoms. The van der Waals surface area contributed by atoms with E-state index < -0.39 is 16.3 Å². The quantitative estimate of drug-likeness (QED) is 0.688. The highest BCUT2D eigenvalue weighted by atomic mass is 32.2. The summed E-state index contributed by atoms with van der Waals surface area (Å²) in [5.41, 5.74) is 0. The van der Waals surface area contributed by atoms with Crippen LogP contribution >= 0.6 is 0 Å². The second kappa shape index (κ2) is 4.57. The zero-order valence-electron chi connectivity index (χ0n) is 8.60. The number of hydrogen-bond acceptors (Lipinski definition) is 3. The summed E-state index contributed by atoms with van der Waals surface area (Å²) >= 11 is 0. The molecule has 14 heavy (non-hydrogen) atoms. The maximum absolute atomic E-state index is 11.6.